The second-order valence-electron chi connectivity index (χ2n) is 6.38. The third-order valence-electron chi connectivity index (χ3n) is 4.63. The number of ether oxygens (including phenoxy) is 2. The molecule has 1 N–H and O–H groups in total. The molecule has 138 valence electrons. The molecule has 1 atom stereocenters. The van der Waals surface area contributed by atoms with E-state index in [4.69, 9.17) is 9.47 Å². The molecule has 0 saturated carbocycles. The smallest absolute Gasteiger partial charge is 0.259 e. The van der Waals surface area contributed by atoms with Gasteiger partial charge in [0.15, 0.2) is 0 Å². The lowest BCUT2D eigenvalue weighted by atomic mass is 10.1. The van der Waals surface area contributed by atoms with Crippen molar-refractivity contribution in [1.29, 1.82) is 0 Å². The number of benzene rings is 2. The number of anilines is 2. The average Bonchev–Trinajstić information content (AvgIpc) is 2.69. The number of para-hydroxylation sites is 1. The van der Waals surface area contributed by atoms with Gasteiger partial charge in [-0.25, -0.2) is 0 Å². The monoisotopic (exact) mass is 354 g/mol. The first-order valence-electron chi connectivity index (χ1n) is 9.12. The molecule has 5 heteroatoms. The number of methoxy groups -OCH3 is 1. The molecule has 1 saturated heterocycles. The van der Waals surface area contributed by atoms with E-state index >= 15 is 0 Å². The van der Waals surface area contributed by atoms with Gasteiger partial charge in [-0.3, -0.25) is 4.79 Å². The molecule has 2 aromatic carbocycles. The molecule has 1 aliphatic rings. The quantitative estimate of drug-likeness (QED) is 0.853. The molecule has 5 nitrogen and oxygen atoms in total. The van der Waals surface area contributed by atoms with E-state index in [-0.39, 0.29) is 12.0 Å². The molecule has 0 aliphatic carbocycles. The van der Waals surface area contributed by atoms with Gasteiger partial charge in [-0.05, 0) is 56.2 Å². The highest BCUT2D eigenvalue weighted by Crippen LogP contribution is 2.24. The average molecular weight is 354 g/mol. The Morgan fingerprint density at radius 3 is 2.69 bits per heavy atom. The fourth-order valence-electron chi connectivity index (χ4n) is 3.25. The van der Waals surface area contributed by atoms with Crippen LogP contribution in [0, 0.1) is 0 Å². The Hall–Kier alpha value is -2.53. The highest BCUT2D eigenvalue weighted by Gasteiger charge is 2.19. The van der Waals surface area contributed by atoms with E-state index in [2.05, 4.69) is 10.2 Å². The molecule has 2 aromatic rings. The van der Waals surface area contributed by atoms with Gasteiger partial charge in [0.05, 0.1) is 18.3 Å². The molecule has 0 radical (unpaired) electrons. The first-order valence-corrected chi connectivity index (χ1v) is 9.12. The minimum Gasteiger partial charge on any atom is -0.493 e. The summed E-state index contributed by atoms with van der Waals surface area (Å²) in [4.78, 5) is 14.9. The van der Waals surface area contributed by atoms with E-state index in [0.717, 1.165) is 37.3 Å². The standard InChI is InChI=1S/C21H26N2O3/c1-3-26-20-9-5-4-8-19(20)21(24)22-16-10-12-17(13-11-16)23-14-6-7-18(15-23)25-2/h4-5,8-13,18H,3,6-7,14-15H2,1-2H3,(H,22,24). The van der Waals surface area contributed by atoms with E-state index in [1.165, 1.54) is 0 Å². The van der Waals surface area contributed by atoms with Crippen LogP contribution in [0.15, 0.2) is 48.5 Å². The van der Waals surface area contributed by atoms with Gasteiger partial charge >= 0.3 is 0 Å². The number of amides is 1. The van der Waals surface area contributed by atoms with Crippen LogP contribution in [0.1, 0.15) is 30.1 Å². The van der Waals surface area contributed by atoms with Crippen LogP contribution in [0.2, 0.25) is 0 Å². The maximum atomic E-state index is 12.6. The van der Waals surface area contributed by atoms with E-state index in [1.807, 2.05) is 49.4 Å². The molecule has 0 bridgehead atoms. The molecule has 1 heterocycles. The lowest BCUT2D eigenvalue weighted by Crippen LogP contribution is -2.39. The Balaban J connectivity index is 1.67. The van der Waals surface area contributed by atoms with E-state index in [9.17, 15) is 4.79 Å². The number of nitrogens with zero attached hydrogens (tertiary/aromatic N) is 1. The molecular formula is C21H26N2O3. The number of carbonyl (C=O) groups is 1. The van der Waals surface area contributed by atoms with Gasteiger partial charge in [0, 0.05) is 31.6 Å². The lowest BCUT2D eigenvalue weighted by Gasteiger charge is -2.33. The first-order chi connectivity index (χ1) is 12.7. The summed E-state index contributed by atoms with van der Waals surface area (Å²) >= 11 is 0. The van der Waals surface area contributed by atoms with Crippen molar-refractivity contribution in [3.8, 4) is 5.75 Å². The summed E-state index contributed by atoms with van der Waals surface area (Å²) in [6.45, 7) is 4.37. The maximum Gasteiger partial charge on any atom is 0.259 e. The van der Waals surface area contributed by atoms with Crippen LogP contribution in [0.25, 0.3) is 0 Å². The first kappa shape index (κ1) is 18.3. The summed E-state index contributed by atoms with van der Waals surface area (Å²) in [7, 11) is 1.77. The van der Waals surface area contributed by atoms with Crippen molar-refractivity contribution >= 4 is 17.3 Å². The molecule has 1 unspecified atom stereocenters. The molecule has 1 amide bonds. The summed E-state index contributed by atoms with van der Waals surface area (Å²) in [5.74, 6) is 0.433. The predicted molar refractivity (Wildman–Crippen MR) is 104 cm³/mol. The van der Waals surface area contributed by atoms with Crippen molar-refractivity contribution in [2.75, 3.05) is 37.0 Å². The number of rotatable bonds is 6. The number of piperidine rings is 1. The zero-order chi connectivity index (χ0) is 18.4. The molecule has 0 spiro atoms. The Kier molecular flexibility index (Phi) is 6.12. The molecular weight excluding hydrogens is 328 g/mol. The molecule has 3 rings (SSSR count). The van der Waals surface area contributed by atoms with Crippen LogP contribution in [0.4, 0.5) is 11.4 Å². The van der Waals surface area contributed by atoms with E-state index < -0.39 is 0 Å². The normalized spacial score (nSPS) is 17.0. The van der Waals surface area contributed by atoms with Crippen LogP contribution < -0.4 is 15.0 Å². The van der Waals surface area contributed by atoms with Gasteiger partial charge < -0.3 is 19.7 Å². The van der Waals surface area contributed by atoms with Crippen LogP contribution in [0.3, 0.4) is 0 Å². The molecule has 0 aromatic heterocycles. The van der Waals surface area contributed by atoms with Crippen molar-refractivity contribution in [3.63, 3.8) is 0 Å². The maximum absolute atomic E-state index is 12.6. The minimum atomic E-state index is -0.167. The fraction of sp³-hybridized carbons (Fsp3) is 0.381. The highest BCUT2D eigenvalue weighted by molar-refractivity contribution is 6.06. The van der Waals surface area contributed by atoms with Crippen molar-refractivity contribution in [1.82, 2.24) is 0 Å². The van der Waals surface area contributed by atoms with Crippen molar-refractivity contribution in [3.05, 3.63) is 54.1 Å². The number of hydrogen-bond donors (Lipinski definition) is 1. The van der Waals surface area contributed by atoms with Crippen molar-refractivity contribution in [2.24, 2.45) is 0 Å². The third kappa shape index (κ3) is 4.35. The van der Waals surface area contributed by atoms with Gasteiger partial charge in [-0.1, -0.05) is 12.1 Å². The number of carbonyl (C=O) groups excluding carboxylic acids is 1. The van der Waals surface area contributed by atoms with Gasteiger partial charge in [-0.2, -0.15) is 0 Å². The van der Waals surface area contributed by atoms with Crippen LogP contribution >= 0.6 is 0 Å². The SMILES string of the molecule is CCOc1ccccc1C(=O)Nc1ccc(N2CCCC(OC)C2)cc1. The second-order valence-corrected chi connectivity index (χ2v) is 6.38. The zero-order valence-corrected chi connectivity index (χ0v) is 15.4. The van der Waals surface area contributed by atoms with Gasteiger partial charge in [0.25, 0.3) is 5.91 Å². The predicted octanol–water partition coefficient (Wildman–Crippen LogP) is 3.95. The Bertz CT molecular complexity index is 730. The van der Waals surface area contributed by atoms with Crippen molar-refractivity contribution in [2.45, 2.75) is 25.9 Å². The van der Waals surface area contributed by atoms with E-state index in [0.29, 0.717) is 17.9 Å². The molecule has 1 fully saturated rings. The summed E-state index contributed by atoms with van der Waals surface area (Å²) in [5, 5.41) is 2.94. The number of nitrogens with one attached hydrogen (secondary N) is 1. The summed E-state index contributed by atoms with van der Waals surface area (Å²) in [6, 6.07) is 15.2. The van der Waals surface area contributed by atoms with Gasteiger partial charge in [-0.15, -0.1) is 0 Å². The lowest BCUT2D eigenvalue weighted by molar-refractivity contribution is 0.0893. The Morgan fingerprint density at radius 1 is 1.19 bits per heavy atom. The van der Waals surface area contributed by atoms with Crippen LogP contribution in [-0.2, 0) is 4.74 Å². The minimum absolute atomic E-state index is 0.167. The summed E-state index contributed by atoms with van der Waals surface area (Å²) in [5.41, 5.74) is 2.46. The zero-order valence-electron chi connectivity index (χ0n) is 15.4. The number of hydrogen-bond acceptors (Lipinski definition) is 4. The molecule has 26 heavy (non-hydrogen) atoms. The summed E-state index contributed by atoms with van der Waals surface area (Å²) in [6.07, 6.45) is 2.53. The van der Waals surface area contributed by atoms with E-state index in [1.54, 1.807) is 13.2 Å². The topological polar surface area (TPSA) is 50.8 Å². The Morgan fingerprint density at radius 2 is 1.96 bits per heavy atom. The highest BCUT2D eigenvalue weighted by atomic mass is 16.5. The largest absolute Gasteiger partial charge is 0.493 e. The van der Waals surface area contributed by atoms with Crippen molar-refractivity contribution < 1.29 is 14.3 Å². The Labute approximate surface area is 154 Å². The fourth-order valence-corrected chi connectivity index (χ4v) is 3.25. The summed E-state index contributed by atoms with van der Waals surface area (Å²) < 4.78 is 11.0. The van der Waals surface area contributed by atoms with Crippen LogP contribution in [0.5, 0.6) is 5.75 Å². The second kappa shape index (κ2) is 8.72. The van der Waals surface area contributed by atoms with Gasteiger partial charge in [0.2, 0.25) is 0 Å². The van der Waals surface area contributed by atoms with Gasteiger partial charge in [0.1, 0.15) is 5.75 Å². The third-order valence-corrected chi connectivity index (χ3v) is 4.63. The van der Waals surface area contributed by atoms with Crippen LogP contribution in [-0.4, -0.2) is 38.8 Å². The molecule has 1 aliphatic heterocycles.